The molecule has 0 saturated heterocycles. The van der Waals surface area contributed by atoms with E-state index in [-0.39, 0.29) is 12.5 Å². The van der Waals surface area contributed by atoms with Crippen molar-refractivity contribution >= 4 is 11.9 Å². The third-order valence-corrected chi connectivity index (χ3v) is 4.87. The van der Waals surface area contributed by atoms with Gasteiger partial charge < -0.3 is 20.7 Å². The molecule has 1 aliphatic carbocycles. The van der Waals surface area contributed by atoms with Crippen LogP contribution in [-0.2, 0) is 11.2 Å². The molecule has 27 heavy (non-hydrogen) atoms. The number of rotatable bonds is 8. The molecule has 1 aromatic rings. The minimum absolute atomic E-state index is 0.00220. The fourth-order valence-corrected chi connectivity index (χ4v) is 3.36. The Morgan fingerprint density at radius 1 is 1.22 bits per heavy atom. The number of guanidine groups is 1. The smallest absolute Gasteiger partial charge is 0.242 e. The molecule has 0 atom stereocenters. The Balaban J connectivity index is 1.79. The maximum atomic E-state index is 12.1. The molecule has 2 rings (SSSR count). The maximum absolute atomic E-state index is 12.1. The third-order valence-electron chi connectivity index (χ3n) is 4.87. The number of nitrogens with zero attached hydrogens (tertiary/aromatic N) is 1. The van der Waals surface area contributed by atoms with Gasteiger partial charge in [-0.2, -0.15) is 0 Å². The molecule has 3 N–H and O–H groups in total. The first-order valence-electron chi connectivity index (χ1n) is 10.1. The molecule has 1 amide bonds. The molecule has 0 heterocycles. The Bertz CT molecular complexity index is 625. The van der Waals surface area contributed by atoms with Gasteiger partial charge in [0, 0.05) is 19.1 Å². The summed E-state index contributed by atoms with van der Waals surface area (Å²) >= 11 is 0. The molecule has 1 aromatic carbocycles. The van der Waals surface area contributed by atoms with Crippen molar-refractivity contribution in [3.8, 4) is 5.75 Å². The fraction of sp³-hybridized carbons (Fsp3) is 0.619. The van der Waals surface area contributed by atoms with Gasteiger partial charge in [-0.05, 0) is 50.3 Å². The number of methoxy groups -OCH3 is 1. The van der Waals surface area contributed by atoms with Crippen LogP contribution >= 0.6 is 0 Å². The van der Waals surface area contributed by atoms with Crippen LogP contribution in [-0.4, -0.2) is 44.7 Å². The van der Waals surface area contributed by atoms with E-state index < -0.39 is 0 Å². The van der Waals surface area contributed by atoms with Gasteiger partial charge in [0.25, 0.3) is 0 Å². The van der Waals surface area contributed by atoms with E-state index in [0.29, 0.717) is 12.0 Å². The van der Waals surface area contributed by atoms with Crippen LogP contribution in [0.5, 0.6) is 5.75 Å². The van der Waals surface area contributed by atoms with Crippen molar-refractivity contribution < 1.29 is 9.53 Å². The molecule has 0 aromatic heterocycles. The lowest BCUT2D eigenvalue weighted by atomic mass is 9.95. The van der Waals surface area contributed by atoms with E-state index in [9.17, 15) is 4.79 Å². The zero-order valence-electron chi connectivity index (χ0n) is 16.9. The van der Waals surface area contributed by atoms with Crippen molar-refractivity contribution in [2.75, 3.05) is 26.7 Å². The van der Waals surface area contributed by atoms with Crippen LogP contribution in [0, 0.1) is 6.92 Å². The monoisotopic (exact) mass is 374 g/mol. The molecule has 1 aliphatic rings. The molecular formula is C21H34N4O2. The molecule has 0 aliphatic heterocycles. The highest BCUT2D eigenvalue weighted by Crippen LogP contribution is 2.19. The van der Waals surface area contributed by atoms with Gasteiger partial charge in [0.15, 0.2) is 5.96 Å². The largest absolute Gasteiger partial charge is 0.496 e. The van der Waals surface area contributed by atoms with Gasteiger partial charge in [-0.3, -0.25) is 4.79 Å². The molecule has 6 nitrogen and oxygen atoms in total. The van der Waals surface area contributed by atoms with E-state index in [4.69, 9.17) is 4.74 Å². The van der Waals surface area contributed by atoms with Gasteiger partial charge in [0.1, 0.15) is 12.3 Å². The molecule has 0 spiro atoms. The van der Waals surface area contributed by atoms with Gasteiger partial charge in [-0.25, -0.2) is 4.99 Å². The van der Waals surface area contributed by atoms with Gasteiger partial charge in [0.2, 0.25) is 5.91 Å². The van der Waals surface area contributed by atoms with Crippen LogP contribution in [0.3, 0.4) is 0 Å². The number of hydrogen-bond donors (Lipinski definition) is 3. The first-order chi connectivity index (χ1) is 13.1. The highest BCUT2D eigenvalue weighted by molar-refractivity contribution is 5.85. The van der Waals surface area contributed by atoms with E-state index in [1.165, 1.54) is 24.8 Å². The van der Waals surface area contributed by atoms with E-state index >= 15 is 0 Å². The van der Waals surface area contributed by atoms with Crippen LogP contribution in [0.1, 0.15) is 50.2 Å². The van der Waals surface area contributed by atoms with Crippen molar-refractivity contribution in [2.45, 2.75) is 58.4 Å². The number of ether oxygens (including phenoxy) is 1. The highest BCUT2D eigenvalue weighted by Gasteiger charge is 2.15. The first-order valence-corrected chi connectivity index (χ1v) is 10.1. The average Bonchev–Trinajstić information content (AvgIpc) is 2.68. The normalized spacial score (nSPS) is 15.3. The standard InChI is InChI=1S/C21H34N4O2/c1-4-22-21(24-15-20(26)25-18-8-6-5-7-9-18)23-13-12-17-11-10-16(2)19(14-17)27-3/h10-11,14,18H,4-9,12-13,15H2,1-3H3,(H,25,26)(H2,22,23,24). The molecular weight excluding hydrogens is 340 g/mol. The van der Waals surface area contributed by atoms with Crippen molar-refractivity contribution in [1.82, 2.24) is 16.0 Å². The summed E-state index contributed by atoms with van der Waals surface area (Å²) in [6.07, 6.45) is 6.74. The van der Waals surface area contributed by atoms with Crippen molar-refractivity contribution in [3.63, 3.8) is 0 Å². The number of benzene rings is 1. The lowest BCUT2D eigenvalue weighted by Gasteiger charge is -2.22. The lowest BCUT2D eigenvalue weighted by Crippen LogP contribution is -2.41. The van der Waals surface area contributed by atoms with Crippen LogP contribution in [0.2, 0.25) is 0 Å². The van der Waals surface area contributed by atoms with Crippen LogP contribution in [0.25, 0.3) is 0 Å². The van der Waals surface area contributed by atoms with Crippen LogP contribution in [0.4, 0.5) is 0 Å². The average molecular weight is 375 g/mol. The predicted molar refractivity (Wildman–Crippen MR) is 110 cm³/mol. The minimum atomic E-state index is 0.00220. The molecule has 1 saturated carbocycles. The molecule has 6 heteroatoms. The topological polar surface area (TPSA) is 74.8 Å². The number of aryl methyl sites for hydroxylation is 1. The van der Waals surface area contributed by atoms with Gasteiger partial charge in [0.05, 0.1) is 7.11 Å². The van der Waals surface area contributed by atoms with Gasteiger partial charge >= 0.3 is 0 Å². The summed E-state index contributed by atoms with van der Waals surface area (Å²) in [5.41, 5.74) is 2.34. The summed E-state index contributed by atoms with van der Waals surface area (Å²) < 4.78 is 5.38. The lowest BCUT2D eigenvalue weighted by molar-refractivity contribution is -0.120. The third kappa shape index (κ3) is 7.49. The number of amides is 1. The Morgan fingerprint density at radius 3 is 2.70 bits per heavy atom. The summed E-state index contributed by atoms with van der Waals surface area (Å²) in [5.74, 6) is 1.59. The molecule has 0 radical (unpaired) electrons. The quantitative estimate of drug-likeness (QED) is 0.483. The summed E-state index contributed by atoms with van der Waals surface area (Å²) in [6.45, 7) is 5.71. The van der Waals surface area contributed by atoms with Crippen LogP contribution < -0.4 is 20.7 Å². The Kier molecular flexibility index (Phi) is 8.95. The molecule has 0 unspecified atom stereocenters. The summed E-state index contributed by atoms with van der Waals surface area (Å²) in [7, 11) is 1.69. The molecule has 0 bridgehead atoms. The van der Waals surface area contributed by atoms with Gasteiger partial charge in [-0.1, -0.05) is 31.4 Å². The Hall–Kier alpha value is -2.24. The summed E-state index contributed by atoms with van der Waals surface area (Å²) in [4.78, 5) is 16.5. The number of aliphatic imine (C=N–C) groups is 1. The number of nitrogens with one attached hydrogen (secondary N) is 3. The second-order valence-electron chi connectivity index (χ2n) is 7.08. The van der Waals surface area contributed by atoms with Crippen molar-refractivity contribution in [1.29, 1.82) is 0 Å². The predicted octanol–water partition coefficient (Wildman–Crippen LogP) is 2.55. The van der Waals surface area contributed by atoms with E-state index in [0.717, 1.165) is 43.7 Å². The number of hydrogen-bond acceptors (Lipinski definition) is 3. The molecule has 150 valence electrons. The zero-order chi connectivity index (χ0) is 19.5. The second-order valence-corrected chi connectivity index (χ2v) is 7.08. The first kappa shape index (κ1) is 21.1. The number of carbonyl (C=O) groups excluding carboxylic acids is 1. The highest BCUT2D eigenvalue weighted by atomic mass is 16.5. The zero-order valence-corrected chi connectivity index (χ0v) is 16.9. The Morgan fingerprint density at radius 2 is 2.00 bits per heavy atom. The van der Waals surface area contributed by atoms with E-state index in [2.05, 4.69) is 39.1 Å². The minimum Gasteiger partial charge on any atom is -0.496 e. The summed E-state index contributed by atoms with van der Waals surface area (Å²) in [6, 6.07) is 6.58. The van der Waals surface area contributed by atoms with Crippen molar-refractivity contribution in [3.05, 3.63) is 29.3 Å². The summed E-state index contributed by atoms with van der Waals surface area (Å²) in [5, 5.41) is 9.59. The Labute approximate surface area is 163 Å². The number of carbonyl (C=O) groups is 1. The van der Waals surface area contributed by atoms with E-state index in [1.807, 2.05) is 13.8 Å². The fourth-order valence-electron chi connectivity index (χ4n) is 3.36. The SMILES string of the molecule is CCNC(=NCC(=O)NC1CCCCC1)NCCc1ccc(C)c(OC)c1. The van der Waals surface area contributed by atoms with Gasteiger partial charge in [-0.15, -0.1) is 0 Å². The van der Waals surface area contributed by atoms with Crippen molar-refractivity contribution in [2.24, 2.45) is 4.99 Å². The van der Waals surface area contributed by atoms with E-state index in [1.54, 1.807) is 7.11 Å². The second kappa shape index (κ2) is 11.5. The molecule has 1 fully saturated rings. The van der Waals surface area contributed by atoms with Crippen LogP contribution in [0.15, 0.2) is 23.2 Å². The maximum Gasteiger partial charge on any atom is 0.242 e.